The van der Waals surface area contributed by atoms with Gasteiger partial charge in [-0.2, -0.15) is 0 Å². The van der Waals surface area contributed by atoms with Gasteiger partial charge >= 0.3 is 12.1 Å². The van der Waals surface area contributed by atoms with Gasteiger partial charge in [0.1, 0.15) is 12.1 Å². The molecular formula is C27H34N2O5. The van der Waals surface area contributed by atoms with Crippen LogP contribution < -0.4 is 5.32 Å². The van der Waals surface area contributed by atoms with Crippen molar-refractivity contribution >= 4 is 18.0 Å². The molecule has 0 saturated carbocycles. The number of hydrogen-bond donors (Lipinski definition) is 2. The molecule has 0 saturated heterocycles. The van der Waals surface area contributed by atoms with Crippen LogP contribution in [0, 0.1) is 5.92 Å². The first-order valence-electron chi connectivity index (χ1n) is 11.9. The molecule has 2 N–H and O–H groups in total. The van der Waals surface area contributed by atoms with E-state index in [9.17, 15) is 19.5 Å². The van der Waals surface area contributed by atoms with Crippen LogP contribution in [0.5, 0.6) is 0 Å². The summed E-state index contributed by atoms with van der Waals surface area (Å²) in [5.74, 6) is -2.05. The van der Waals surface area contributed by atoms with Gasteiger partial charge in [-0.3, -0.25) is 9.59 Å². The molecule has 0 aliphatic heterocycles. The smallest absolute Gasteiger partial charge is 0.408 e. The largest absolute Gasteiger partial charge is 0.481 e. The number of fused-ring (bicyclic) bond motifs is 3. The van der Waals surface area contributed by atoms with Crippen LogP contribution in [0.1, 0.15) is 57.6 Å². The second-order valence-corrected chi connectivity index (χ2v) is 9.12. The van der Waals surface area contributed by atoms with Crippen LogP contribution in [0.3, 0.4) is 0 Å². The maximum atomic E-state index is 13.3. The number of nitrogens with zero attached hydrogens (tertiary/aromatic N) is 1. The summed E-state index contributed by atoms with van der Waals surface area (Å²) in [6, 6.07) is 16.2. The molecule has 0 aromatic heterocycles. The number of hydrogen-bond acceptors (Lipinski definition) is 4. The molecule has 34 heavy (non-hydrogen) atoms. The highest BCUT2D eigenvalue weighted by Gasteiger charge is 2.39. The van der Waals surface area contributed by atoms with Gasteiger partial charge in [-0.25, -0.2) is 4.79 Å². The number of rotatable bonds is 10. The number of nitrogens with one attached hydrogen (secondary N) is 1. The number of aliphatic carboxylic acids is 1. The fraction of sp³-hybridized carbons (Fsp3) is 0.444. The van der Waals surface area contributed by atoms with E-state index in [4.69, 9.17) is 4.74 Å². The lowest BCUT2D eigenvalue weighted by atomic mass is 9.93. The van der Waals surface area contributed by atoms with Gasteiger partial charge in [0.15, 0.2) is 0 Å². The Morgan fingerprint density at radius 1 is 1.06 bits per heavy atom. The summed E-state index contributed by atoms with van der Waals surface area (Å²) in [5, 5.41) is 12.0. The van der Waals surface area contributed by atoms with Crippen LogP contribution in [0.2, 0.25) is 0 Å². The molecule has 1 aliphatic carbocycles. The Labute approximate surface area is 201 Å². The third-order valence-electron chi connectivity index (χ3n) is 6.53. The van der Waals surface area contributed by atoms with E-state index in [1.54, 1.807) is 20.8 Å². The van der Waals surface area contributed by atoms with Crippen molar-refractivity contribution < 1.29 is 24.2 Å². The van der Waals surface area contributed by atoms with Gasteiger partial charge in [0, 0.05) is 19.0 Å². The van der Waals surface area contributed by atoms with Gasteiger partial charge in [0.05, 0.1) is 5.92 Å². The van der Waals surface area contributed by atoms with Gasteiger partial charge in [-0.15, -0.1) is 0 Å². The maximum Gasteiger partial charge on any atom is 0.408 e. The molecule has 182 valence electrons. The molecule has 0 radical (unpaired) electrons. The molecule has 0 fully saturated rings. The van der Waals surface area contributed by atoms with E-state index in [-0.39, 0.29) is 25.0 Å². The van der Waals surface area contributed by atoms with Crippen LogP contribution >= 0.6 is 0 Å². The number of likely N-dealkylation sites (N-methyl/N-ethyl adjacent to an activating group) is 1. The number of benzene rings is 2. The summed E-state index contributed by atoms with van der Waals surface area (Å²) in [5.41, 5.74) is 3.33. The second-order valence-electron chi connectivity index (χ2n) is 9.12. The Morgan fingerprint density at radius 3 is 2.12 bits per heavy atom. The van der Waals surface area contributed by atoms with Crippen LogP contribution in [-0.4, -0.2) is 53.2 Å². The number of ether oxygens (including phenoxy) is 1. The molecule has 2 amide bonds. The van der Waals surface area contributed by atoms with Crippen LogP contribution in [0.15, 0.2) is 48.5 Å². The molecule has 7 nitrogen and oxygen atoms in total. The number of carbonyl (C=O) groups is 3. The second kappa shape index (κ2) is 10.7. The van der Waals surface area contributed by atoms with Gasteiger partial charge < -0.3 is 20.1 Å². The van der Waals surface area contributed by atoms with Crippen LogP contribution in [0.25, 0.3) is 11.1 Å². The number of carboxylic acids is 1. The highest BCUT2D eigenvalue weighted by molar-refractivity contribution is 5.90. The average molecular weight is 467 g/mol. The minimum Gasteiger partial charge on any atom is -0.481 e. The zero-order chi connectivity index (χ0) is 24.9. The zero-order valence-electron chi connectivity index (χ0n) is 20.3. The topological polar surface area (TPSA) is 95.9 Å². The molecule has 0 spiro atoms. The van der Waals surface area contributed by atoms with E-state index < -0.39 is 23.5 Å². The minimum atomic E-state index is -1.19. The molecule has 7 heteroatoms. The van der Waals surface area contributed by atoms with Gasteiger partial charge in [0.2, 0.25) is 5.91 Å². The zero-order valence-corrected chi connectivity index (χ0v) is 20.3. The van der Waals surface area contributed by atoms with Crippen molar-refractivity contribution in [2.45, 2.75) is 52.0 Å². The molecule has 1 aliphatic rings. The van der Waals surface area contributed by atoms with Crippen molar-refractivity contribution in [1.29, 1.82) is 0 Å². The lowest BCUT2D eigenvalue weighted by Crippen LogP contribution is -2.58. The average Bonchev–Trinajstić information content (AvgIpc) is 3.14. The molecule has 2 atom stereocenters. The van der Waals surface area contributed by atoms with E-state index in [1.165, 1.54) is 4.90 Å². The molecule has 2 aromatic rings. The highest BCUT2D eigenvalue weighted by Crippen LogP contribution is 2.44. The van der Waals surface area contributed by atoms with E-state index >= 15 is 0 Å². The fourth-order valence-corrected chi connectivity index (χ4v) is 4.70. The van der Waals surface area contributed by atoms with Crippen molar-refractivity contribution in [2.24, 2.45) is 5.92 Å². The molecule has 2 aromatic carbocycles. The Balaban J connectivity index is 1.71. The first kappa shape index (κ1) is 25.3. The number of carbonyl (C=O) groups excluding carboxylic acids is 2. The summed E-state index contributed by atoms with van der Waals surface area (Å²) in [4.78, 5) is 39.0. The van der Waals surface area contributed by atoms with Gasteiger partial charge in [0.25, 0.3) is 0 Å². The third kappa shape index (κ3) is 5.24. The molecule has 0 bridgehead atoms. The van der Waals surface area contributed by atoms with E-state index in [2.05, 4.69) is 29.6 Å². The predicted octanol–water partition coefficient (Wildman–Crippen LogP) is 4.65. The molecule has 0 heterocycles. The summed E-state index contributed by atoms with van der Waals surface area (Å²) in [7, 11) is 0. The third-order valence-corrected chi connectivity index (χ3v) is 6.53. The Morgan fingerprint density at radius 2 is 1.62 bits per heavy atom. The quantitative estimate of drug-likeness (QED) is 0.531. The first-order valence-corrected chi connectivity index (χ1v) is 11.9. The molecular weight excluding hydrogens is 432 g/mol. The lowest BCUT2D eigenvalue weighted by Gasteiger charge is -2.35. The van der Waals surface area contributed by atoms with E-state index in [1.807, 2.05) is 31.2 Å². The van der Waals surface area contributed by atoms with Gasteiger partial charge in [-0.05, 0) is 42.5 Å². The normalized spacial score (nSPS) is 14.9. The summed E-state index contributed by atoms with van der Waals surface area (Å²) >= 11 is 0. The number of alkyl carbamates (subject to hydrolysis) is 1. The Bertz CT molecular complexity index is 1010. The molecule has 3 rings (SSSR count). The first-order chi connectivity index (χ1) is 16.2. The lowest BCUT2D eigenvalue weighted by molar-refractivity contribution is -0.144. The van der Waals surface area contributed by atoms with Crippen molar-refractivity contribution in [3.63, 3.8) is 0 Å². The number of amides is 2. The minimum absolute atomic E-state index is 0.0742. The Hall–Kier alpha value is -3.35. The van der Waals surface area contributed by atoms with Crippen molar-refractivity contribution in [1.82, 2.24) is 10.2 Å². The SMILES string of the molecule is CCCC(C)(NC(=O)OCC1c2ccccc2-c2ccccc21)C(=O)N(CC)CC(C)C(=O)O. The van der Waals surface area contributed by atoms with Crippen LogP contribution in [0.4, 0.5) is 4.79 Å². The fourth-order valence-electron chi connectivity index (χ4n) is 4.70. The Kier molecular flexibility index (Phi) is 7.97. The summed E-state index contributed by atoms with van der Waals surface area (Å²) in [6.07, 6.45) is 0.417. The maximum absolute atomic E-state index is 13.3. The van der Waals surface area contributed by atoms with Crippen molar-refractivity contribution in [2.75, 3.05) is 19.7 Å². The van der Waals surface area contributed by atoms with E-state index in [0.717, 1.165) is 22.3 Å². The van der Waals surface area contributed by atoms with Crippen LogP contribution in [-0.2, 0) is 14.3 Å². The van der Waals surface area contributed by atoms with E-state index in [0.29, 0.717) is 19.4 Å². The predicted molar refractivity (Wildman–Crippen MR) is 131 cm³/mol. The highest BCUT2D eigenvalue weighted by atomic mass is 16.5. The van der Waals surface area contributed by atoms with Crippen molar-refractivity contribution in [3.8, 4) is 11.1 Å². The standard InChI is InChI=1S/C27H34N2O5/c1-5-15-27(4,25(32)29(6-2)16-18(3)24(30)31)28-26(33)34-17-23-21-13-9-7-11-19(21)20-12-8-10-14-22(20)23/h7-14,18,23H,5-6,15-17H2,1-4H3,(H,28,33)(H,30,31). The number of carboxylic acid groups (broad SMARTS) is 1. The summed E-state index contributed by atoms with van der Waals surface area (Å²) in [6.45, 7) is 7.55. The van der Waals surface area contributed by atoms with Gasteiger partial charge in [-0.1, -0.05) is 68.8 Å². The monoisotopic (exact) mass is 466 g/mol. The molecule has 2 unspecified atom stereocenters. The van der Waals surface area contributed by atoms with Crippen molar-refractivity contribution in [3.05, 3.63) is 59.7 Å². The summed E-state index contributed by atoms with van der Waals surface area (Å²) < 4.78 is 5.65.